The monoisotopic (exact) mass is 753 g/mol. The van der Waals surface area contributed by atoms with Gasteiger partial charge in [0.25, 0.3) is 0 Å². The molecule has 3 nitrogen and oxygen atoms in total. The van der Waals surface area contributed by atoms with Gasteiger partial charge in [0.05, 0.1) is 22.1 Å². The van der Waals surface area contributed by atoms with Crippen molar-refractivity contribution in [3.05, 3.63) is 212 Å². The van der Waals surface area contributed by atoms with Crippen molar-refractivity contribution in [3.63, 3.8) is 0 Å². The van der Waals surface area contributed by atoms with Crippen molar-refractivity contribution in [2.24, 2.45) is 0 Å². The highest BCUT2D eigenvalue weighted by molar-refractivity contribution is 6.21. The minimum Gasteiger partial charge on any atom is -0.456 e. The Morgan fingerprint density at radius 2 is 0.881 bits per heavy atom. The second kappa shape index (κ2) is 13.4. The van der Waals surface area contributed by atoms with Crippen molar-refractivity contribution in [2.45, 2.75) is 0 Å². The van der Waals surface area contributed by atoms with Crippen LogP contribution in [0.2, 0.25) is 0 Å². The number of furan rings is 2. The molecule has 0 N–H and O–H groups in total. The first-order valence-corrected chi connectivity index (χ1v) is 20.1. The van der Waals surface area contributed by atoms with Crippen LogP contribution in [0.25, 0.3) is 98.8 Å². The summed E-state index contributed by atoms with van der Waals surface area (Å²) < 4.78 is 13.8. The molecular formula is C56H35NO2. The van der Waals surface area contributed by atoms with Crippen LogP contribution in [0, 0.1) is 0 Å². The van der Waals surface area contributed by atoms with Crippen molar-refractivity contribution in [2.75, 3.05) is 4.90 Å². The third-order valence-electron chi connectivity index (χ3n) is 11.8. The number of rotatable bonds is 6. The molecule has 12 aromatic rings. The molecule has 0 unspecified atom stereocenters. The summed E-state index contributed by atoms with van der Waals surface area (Å²) in [5, 5.41) is 9.05. The fourth-order valence-corrected chi connectivity index (χ4v) is 9.04. The van der Waals surface area contributed by atoms with Gasteiger partial charge in [-0.3, -0.25) is 0 Å². The molecule has 59 heavy (non-hydrogen) atoms. The average Bonchev–Trinajstić information content (AvgIpc) is 3.89. The van der Waals surface area contributed by atoms with Gasteiger partial charge in [0.1, 0.15) is 22.3 Å². The van der Waals surface area contributed by atoms with Gasteiger partial charge in [-0.15, -0.1) is 0 Å². The highest BCUT2D eigenvalue weighted by atomic mass is 16.3. The van der Waals surface area contributed by atoms with Crippen LogP contribution in [0.3, 0.4) is 0 Å². The lowest BCUT2D eigenvalue weighted by Gasteiger charge is -2.28. The van der Waals surface area contributed by atoms with Crippen molar-refractivity contribution in [1.29, 1.82) is 0 Å². The second-order valence-corrected chi connectivity index (χ2v) is 15.2. The van der Waals surface area contributed by atoms with E-state index in [2.05, 4.69) is 217 Å². The van der Waals surface area contributed by atoms with E-state index in [-0.39, 0.29) is 0 Å². The van der Waals surface area contributed by atoms with Gasteiger partial charge in [-0.1, -0.05) is 152 Å². The number of hydrogen-bond acceptors (Lipinski definition) is 3. The highest BCUT2D eigenvalue weighted by Crippen LogP contribution is 2.50. The lowest BCUT2D eigenvalue weighted by atomic mass is 9.97. The van der Waals surface area contributed by atoms with E-state index < -0.39 is 0 Å². The van der Waals surface area contributed by atoms with E-state index >= 15 is 0 Å². The third kappa shape index (κ3) is 5.44. The Labute approximate surface area is 340 Å². The summed E-state index contributed by atoms with van der Waals surface area (Å²) in [7, 11) is 0. The van der Waals surface area contributed by atoms with E-state index in [1.54, 1.807) is 0 Å². The molecule has 0 amide bonds. The molecule has 2 aromatic heterocycles. The first-order valence-electron chi connectivity index (χ1n) is 20.1. The van der Waals surface area contributed by atoms with Crippen molar-refractivity contribution < 1.29 is 8.83 Å². The van der Waals surface area contributed by atoms with Gasteiger partial charge >= 0.3 is 0 Å². The summed E-state index contributed by atoms with van der Waals surface area (Å²) in [5.74, 6) is 0. The lowest BCUT2D eigenvalue weighted by Crippen LogP contribution is -2.11. The quantitative estimate of drug-likeness (QED) is 0.158. The number of anilines is 3. The van der Waals surface area contributed by atoms with Crippen LogP contribution in [-0.4, -0.2) is 0 Å². The fourth-order valence-electron chi connectivity index (χ4n) is 9.04. The maximum absolute atomic E-state index is 7.04. The van der Waals surface area contributed by atoms with Gasteiger partial charge in [0.2, 0.25) is 0 Å². The number of nitrogens with zero attached hydrogens (tertiary/aromatic N) is 1. The van der Waals surface area contributed by atoms with Crippen LogP contribution in [-0.2, 0) is 0 Å². The molecular weight excluding hydrogens is 719 g/mol. The summed E-state index contributed by atoms with van der Waals surface area (Å²) in [4.78, 5) is 2.42. The molecule has 12 rings (SSSR count). The van der Waals surface area contributed by atoms with Crippen LogP contribution in [0.1, 0.15) is 0 Å². The molecule has 3 heteroatoms. The molecule has 0 bridgehead atoms. The van der Waals surface area contributed by atoms with E-state index in [0.717, 1.165) is 94.3 Å². The molecule has 0 spiro atoms. The summed E-state index contributed by atoms with van der Waals surface area (Å²) in [6, 6.07) is 75.6. The van der Waals surface area contributed by atoms with E-state index in [9.17, 15) is 0 Å². The Hall–Kier alpha value is -7.88. The molecule has 0 fully saturated rings. The highest BCUT2D eigenvalue weighted by Gasteiger charge is 2.25. The molecule has 10 aromatic carbocycles. The second-order valence-electron chi connectivity index (χ2n) is 15.2. The zero-order valence-corrected chi connectivity index (χ0v) is 32.0. The Balaban J connectivity index is 1.17. The summed E-state index contributed by atoms with van der Waals surface area (Å²) in [5.41, 5.74) is 13.2. The van der Waals surface area contributed by atoms with E-state index in [4.69, 9.17) is 8.83 Å². The van der Waals surface area contributed by atoms with Gasteiger partial charge in [-0.05, 0) is 110 Å². The van der Waals surface area contributed by atoms with Gasteiger partial charge in [-0.25, -0.2) is 0 Å². The Bertz CT molecular complexity index is 3550. The summed E-state index contributed by atoms with van der Waals surface area (Å²) in [6.45, 7) is 0. The average molecular weight is 754 g/mol. The van der Waals surface area contributed by atoms with E-state index in [1.807, 2.05) is 0 Å². The lowest BCUT2D eigenvalue weighted by molar-refractivity contribution is 0.669. The minimum absolute atomic E-state index is 0.834. The van der Waals surface area contributed by atoms with Gasteiger partial charge in [0, 0.05) is 22.0 Å². The van der Waals surface area contributed by atoms with Crippen molar-refractivity contribution >= 4 is 82.5 Å². The number of hydrogen-bond donors (Lipinski definition) is 0. The third-order valence-corrected chi connectivity index (χ3v) is 11.8. The minimum atomic E-state index is 0.834. The van der Waals surface area contributed by atoms with Crippen LogP contribution in [0.5, 0.6) is 0 Å². The first-order chi connectivity index (χ1) is 29.2. The molecule has 0 atom stereocenters. The molecule has 0 aliphatic rings. The topological polar surface area (TPSA) is 29.5 Å². The molecule has 276 valence electrons. The van der Waals surface area contributed by atoms with Crippen LogP contribution >= 0.6 is 0 Å². The molecule has 0 radical (unpaired) electrons. The molecule has 0 aliphatic carbocycles. The van der Waals surface area contributed by atoms with Crippen LogP contribution in [0.15, 0.2) is 221 Å². The predicted molar refractivity (Wildman–Crippen MR) is 247 cm³/mol. The van der Waals surface area contributed by atoms with Gasteiger partial charge in [0.15, 0.2) is 0 Å². The van der Waals surface area contributed by atoms with Gasteiger partial charge < -0.3 is 13.7 Å². The molecule has 0 saturated heterocycles. The summed E-state index contributed by atoms with van der Waals surface area (Å²) >= 11 is 0. The molecule has 0 aliphatic heterocycles. The van der Waals surface area contributed by atoms with E-state index in [0.29, 0.717) is 0 Å². The number of benzene rings is 10. The Morgan fingerprint density at radius 1 is 0.305 bits per heavy atom. The smallest absolute Gasteiger partial charge is 0.145 e. The van der Waals surface area contributed by atoms with Crippen molar-refractivity contribution in [1.82, 2.24) is 0 Å². The van der Waals surface area contributed by atoms with E-state index in [1.165, 1.54) is 21.5 Å². The van der Waals surface area contributed by atoms with Gasteiger partial charge in [-0.2, -0.15) is 0 Å². The standard InChI is InChI=1S/C56H35NO2/c1-4-13-36(14-5-1)41-26-29-46-52(33-41)58-51-22-12-21-49(54(46)51)57(43-28-25-40-24-23-39-19-10-11-20-44(39)48(40)35-43)50-32-31-45(38-17-8-3-9-18-38)56-55(50)47-30-27-42(34-53(47)59-56)37-15-6-2-7-16-37/h1-35H. The molecule has 0 saturated carbocycles. The Kier molecular flexibility index (Phi) is 7.54. The predicted octanol–water partition coefficient (Wildman–Crippen LogP) is 16.3. The first kappa shape index (κ1) is 33.3. The Morgan fingerprint density at radius 3 is 1.59 bits per heavy atom. The molecule has 2 heterocycles. The van der Waals surface area contributed by atoms with Crippen molar-refractivity contribution in [3.8, 4) is 33.4 Å². The SMILES string of the molecule is c1ccc(-c2ccc3c(c2)oc2cccc(N(c4ccc5ccc6ccccc6c5c4)c4ccc(-c5ccccc5)c5oc6cc(-c7ccccc7)ccc6c45)c23)cc1. The largest absolute Gasteiger partial charge is 0.456 e. The maximum Gasteiger partial charge on any atom is 0.145 e. The zero-order chi connectivity index (χ0) is 38.9. The van der Waals surface area contributed by atoms with Crippen LogP contribution in [0.4, 0.5) is 17.1 Å². The maximum atomic E-state index is 7.04. The number of fused-ring (bicyclic) bond motifs is 9. The summed E-state index contributed by atoms with van der Waals surface area (Å²) in [6.07, 6.45) is 0. The van der Waals surface area contributed by atoms with Crippen LogP contribution < -0.4 is 4.90 Å². The fraction of sp³-hybridized carbons (Fsp3) is 0. The normalized spacial score (nSPS) is 11.7. The zero-order valence-electron chi connectivity index (χ0n) is 32.0.